The fourth-order valence-electron chi connectivity index (χ4n) is 2.83. The van der Waals surface area contributed by atoms with Gasteiger partial charge in [-0.1, -0.05) is 53.2 Å². The van der Waals surface area contributed by atoms with Gasteiger partial charge in [-0.3, -0.25) is 4.57 Å². The van der Waals surface area contributed by atoms with Crippen molar-refractivity contribution < 1.29 is 4.42 Å². The van der Waals surface area contributed by atoms with Gasteiger partial charge in [-0.25, -0.2) is 0 Å². The average molecular weight is 424 g/mol. The minimum Gasteiger partial charge on any atom is -0.420 e. The molecule has 0 amide bonds. The largest absolute Gasteiger partial charge is 0.420 e. The maximum atomic E-state index is 5.93. The summed E-state index contributed by atoms with van der Waals surface area (Å²) < 4.78 is 7.81. The number of halogens is 1. The summed E-state index contributed by atoms with van der Waals surface area (Å²) in [4.78, 5) is 0. The van der Waals surface area contributed by atoms with E-state index in [9.17, 15) is 0 Å². The van der Waals surface area contributed by atoms with Gasteiger partial charge in [0.15, 0.2) is 11.0 Å². The van der Waals surface area contributed by atoms with Crippen LogP contribution in [0.5, 0.6) is 0 Å². The molecule has 0 spiro atoms. The Hall–Kier alpha value is -2.90. The molecule has 2 aromatic heterocycles. The maximum Gasteiger partial charge on any atom is 0.247 e. The van der Waals surface area contributed by atoms with Gasteiger partial charge in [0.05, 0.1) is 5.75 Å². The number of nitrogens with zero attached hydrogens (tertiary/aromatic N) is 5. The van der Waals surface area contributed by atoms with Crippen LogP contribution in [0.2, 0.25) is 5.02 Å². The van der Waals surface area contributed by atoms with Crippen molar-refractivity contribution in [3.63, 3.8) is 0 Å². The number of benzene rings is 2. The van der Waals surface area contributed by atoms with E-state index in [2.05, 4.69) is 46.0 Å². The molecule has 29 heavy (non-hydrogen) atoms. The van der Waals surface area contributed by atoms with Crippen LogP contribution in [-0.4, -0.2) is 25.0 Å². The standard InChI is InChI=1S/C21H18ClN5OS/c1-3-11-27-19(16-6-4-5-14(2)12-16)24-26-21(27)29-13-18-23-25-20(28-18)15-7-9-17(22)10-8-15/h3-10,12H,1,11,13H2,2H3. The molecule has 0 N–H and O–H groups in total. The monoisotopic (exact) mass is 423 g/mol. The molecule has 0 aliphatic rings. The van der Waals surface area contributed by atoms with Crippen molar-refractivity contribution in [2.75, 3.05) is 0 Å². The number of hydrogen-bond acceptors (Lipinski definition) is 6. The first kappa shape index (κ1) is 19.4. The number of rotatable bonds is 7. The van der Waals surface area contributed by atoms with Gasteiger partial charge < -0.3 is 4.42 Å². The third-order valence-corrected chi connectivity index (χ3v) is 5.39. The SMILES string of the molecule is C=CCn1c(SCc2nnc(-c3ccc(Cl)cc3)o2)nnc1-c1cccc(C)c1. The van der Waals surface area contributed by atoms with Gasteiger partial charge in [0.2, 0.25) is 11.8 Å². The minimum absolute atomic E-state index is 0.463. The van der Waals surface area contributed by atoms with E-state index in [-0.39, 0.29) is 0 Å². The Balaban J connectivity index is 1.53. The highest BCUT2D eigenvalue weighted by Crippen LogP contribution is 2.28. The number of allylic oxidation sites excluding steroid dienone is 1. The first-order chi connectivity index (χ1) is 14.1. The van der Waals surface area contributed by atoms with E-state index >= 15 is 0 Å². The van der Waals surface area contributed by atoms with E-state index in [1.165, 1.54) is 17.3 Å². The lowest BCUT2D eigenvalue weighted by molar-refractivity contribution is 0.528. The van der Waals surface area contributed by atoms with Crippen LogP contribution in [0, 0.1) is 6.92 Å². The lowest BCUT2D eigenvalue weighted by Crippen LogP contribution is -2.01. The highest BCUT2D eigenvalue weighted by Gasteiger charge is 2.16. The summed E-state index contributed by atoms with van der Waals surface area (Å²) in [6, 6.07) is 15.5. The van der Waals surface area contributed by atoms with Gasteiger partial charge in [0, 0.05) is 22.7 Å². The molecule has 4 aromatic rings. The number of aryl methyl sites for hydroxylation is 1. The molecule has 0 unspecified atom stereocenters. The predicted octanol–water partition coefficient (Wildman–Crippen LogP) is 5.44. The lowest BCUT2D eigenvalue weighted by Gasteiger charge is -2.07. The smallest absolute Gasteiger partial charge is 0.247 e. The van der Waals surface area contributed by atoms with Gasteiger partial charge in [0.1, 0.15) is 0 Å². The average Bonchev–Trinajstić information content (AvgIpc) is 3.35. The summed E-state index contributed by atoms with van der Waals surface area (Å²) in [6.07, 6.45) is 1.83. The highest BCUT2D eigenvalue weighted by molar-refractivity contribution is 7.98. The lowest BCUT2D eigenvalue weighted by atomic mass is 10.1. The number of thioether (sulfide) groups is 1. The first-order valence-corrected chi connectivity index (χ1v) is 10.3. The van der Waals surface area contributed by atoms with E-state index < -0.39 is 0 Å². The van der Waals surface area contributed by atoms with Crippen molar-refractivity contribution in [3.8, 4) is 22.8 Å². The molecule has 0 saturated heterocycles. The van der Waals surface area contributed by atoms with Crippen LogP contribution in [0.4, 0.5) is 0 Å². The zero-order chi connectivity index (χ0) is 20.2. The number of aromatic nitrogens is 5. The summed E-state index contributed by atoms with van der Waals surface area (Å²) in [5.74, 6) is 2.28. The third kappa shape index (κ3) is 4.41. The van der Waals surface area contributed by atoms with Crippen molar-refractivity contribution in [1.29, 1.82) is 0 Å². The molecule has 2 aromatic carbocycles. The van der Waals surface area contributed by atoms with Gasteiger partial charge in [0.25, 0.3) is 0 Å². The van der Waals surface area contributed by atoms with Crippen molar-refractivity contribution >= 4 is 23.4 Å². The fourth-order valence-corrected chi connectivity index (χ4v) is 3.74. The molecule has 0 aliphatic carbocycles. The quantitative estimate of drug-likeness (QED) is 0.291. The van der Waals surface area contributed by atoms with Gasteiger partial charge in [-0.15, -0.1) is 27.0 Å². The molecule has 4 rings (SSSR count). The molecular formula is C21H18ClN5OS. The number of hydrogen-bond donors (Lipinski definition) is 0. The van der Waals surface area contributed by atoms with E-state index in [1.54, 1.807) is 12.1 Å². The zero-order valence-electron chi connectivity index (χ0n) is 15.7. The van der Waals surface area contributed by atoms with Crippen LogP contribution in [-0.2, 0) is 12.3 Å². The van der Waals surface area contributed by atoms with E-state index in [0.717, 1.165) is 22.1 Å². The Morgan fingerprint density at radius 1 is 1.07 bits per heavy atom. The molecule has 0 radical (unpaired) electrons. The van der Waals surface area contributed by atoms with Crippen molar-refractivity contribution in [2.24, 2.45) is 0 Å². The summed E-state index contributed by atoms with van der Waals surface area (Å²) in [7, 11) is 0. The van der Waals surface area contributed by atoms with E-state index in [1.807, 2.05) is 34.9 Å². The Morgan fingerprint density at radius 3 is 2.66 bits per heavy atom. The summed E-state index contributed by atoms with van der Waals surface area (Å²) >= 11 is 7.42. The van der Waals surface area contributed by atoms with Crippen LogP contribution in [0.15, 0.2) is 70.8 Å². The summed E-state index contributed by atoms with van der Waals surface area (Å²) in [6.45, 7) is 6.52. The van der Waals surface area contributed by atoms with Crippen molar-refractivity contribution in [1.82, 2.24) is 25.0 Å². The van der Waals surface area contributed by atoms with Crippen LogP contribution in [0.25, 0.3) is 22.8 Å². The zero-order valence-corrected chi connectivity index (χ0v) is 17.3. The molecular weight excluding hydrogens is 406 g/mol. The topological polar surface area (TPSA) is 69.6 Å². The second-order valence-electron chi connectivity index (χ2n) is 6.37. The Bertz CT molecular complexity index is 1140. The molecule has 2 heterocycles. The second-order valence-corrected chi connectivity index (χ2v) is 7.75. The molecule has 0 saturated carbocycles. The van der Waals surface area contributed by atoms with Crippen LogP contribution in [0.3, 0.4) is 0 Å². The normalized spacial score (nSPS) is 11.0. The molecule has 146 valence electrons. The van der Waals surface area contributed by atoms with Gasteiger partial charge in [-0.2, -0.15) is 0 Å². The second kappa shape index (κ2) is 8.63. The predicted molar refractivity (Wildman–Crippen MR) is 115 cm³/mol. The summed E-state index contributed by atoms with van der Waals surface area (Å²) in [5, 5.41) is 18.4. The Morgan fingerprint density at radius 2 is 1.90 bits per heavy atom. The van der Waals surface area contributed by atoms with Crippen LogP contribution in [0.1, 0.15) is 11.5 Å². The molecule has 8 heteroatoms. The van der Waals surface area contributed by atoms with Crippen molar-refractivity contribution in [3.05, 3.63) is 77.7 Å². The van der Waals surface area contributed by atoms with Gasteiger partial charge in [-0.05, 0) is 37.3 Å². The maximum absolute atomic E-state index is 5.93. The van der Waals surface area contributed by atoms with E-state index in [0.29, 0.717) is 29.1 Å². The Kier molecular flexibility index (Phi) is 5.78. The molecule has 0 fully saturated rings. The molecule has 0 atom stereocenters. The van der Waals surface area contributed by atoms with E-state index in [4.69, 9.17) is 16.0 Å². The minimum atomic E-state index is 0.463. The molecule has 6 nitrogen and oxygen atoms in total. The van der Waals surface area contributed by atoms with Crippen LogP contribution >= 0.6 is 23.4 Å². The van der Waals surface area contributed by atoms with Crippen LogP contribution < -0.4 is 0 Å². The highest BCUT2D eigenvalue weighted by atomic mass is 35.5. The summed E-state index contributed by atoms with van der Waals surface area (Å²) in [5.41, 5.74) is 3.02. The fraction of sp³-hybridized carbons (Fsp3) is 0.143. The first-order valence-electron chi connectivity index (χ1n) is 8.96. The van der Waals surface area contributed by atoms with Crippen molar-refractivity contribution in [2.45, 2.75) is 24.4 Å². The Labute approximate surface area is 177 Å². The molecule has 0 bridgehead atoms. The van der Waals surface area contributed by atoms with Gasteiger partial charge >= 0.3 is 0 Å². The molecule has 0 aliphatic heterocycles. The third-order valence-electron chi connectivity index (χ3n) is 4.19.